The Morgan fingerprint density at radius 3 is 2.67 bits per heavy atom. The fourth-order valence-corrected chi connectivity index (χ4v) is 4.06. The molecule has 0 bridgehead atoms. The lowest BCUT2D eigenvalue weighted by Gasteiger charge is -2.29. The van der Waals surface area contributed by atoms with Gasteiger partial charge in [-0.15, -0.1) is 0 Å². The highest BCUT2D eigenvalue weighted by atomic mass is 16.5. The van der Waals surface area contributed by atoms with Crippen molar-refractivity contribution in [1.29, 1.82) is 0 Å². The van der Waals surface area contributed by atoms with Gasteiger partial charge in [0, 0.05) is 39.2 Å². The number of hydrogen-bond donors (Lipinski definition) is 1. The number of rotatable bonds is 9. The van der Waals surface area contributed by atoms with Crippen molar-refractivity contribution < 1.29 is 19.1 Å². The van der Waals surface area contributed by atoms with E-state index in [1.807, 2.05) is 12.1 Å². The Balaban J connectivity index is 1.90. The van der Waals surface area contributed by atoms with Crippen LogP contribution in [0.15, 0.2) is 23.0 Å². The molecule has 1 N–H and O–H groups in total. The number of ether oxygens (including phenoxy) is 1. The van der Waals surface area contributed by atoms with E-state index in [9.17, 15) is 19.2 Å². The van der Waals surface area contributed by atoms with E-state index in [2.05, 4.69) is 5.32 Å². The molecular formula is C21H28N4O5. The number of aryl methyl sites for hydroxylation is 1. The van der Waals surface area contributed by atoms with Gasteiger partial charge in [0.25, 0.3) is 0 Å². The van der Waals surface area contributed by atoms with Crippen LogP contribution >= 0.6 is 0 Å². The summed E-state index contributed by atoms with van der Waals surface area (Å²) in [5, 5.41) is 2.59. The van der Waals surface area contributed by atoms with Gasteiger partial charge in [-0.2, -0.15) is 0 Å². The lowest BCUT2D eigenvalue weighted by Crippen LogP contribution is -2.36. The Labute approximate surface area is 174 Å². The van der Waals surface area contributed by atoms with Gasteiger partial charge < -0.3 is 19.7 Å². The van der Waals surface area contributed by atoms with Crippen molar-refractivity contribution in [3.05, 3.63) is 34.2 Å². The smallest absolute Gasteiger partial charge is 0.329 e. The summed E-state index contributed by atoms with van der Waals surface area (Å²) in [5.41, 5.74) is 1.90. The summed E-state index contributed by atoms with van der Waals surface area (Å²) in [6.45, 7) is 1.69. The van der Waals surface area contributed by atoms with Gasteiger partial charge in [-0.3, -0.25) is 18.7 Å². The number of carbonyl (C=O) groups excluding carboxylic acids is 3. The zero-order valence-electron chi connectivity index (χ0n) is 17.4. The number of hydrogen-bond acceptors (Lipinski definition) is 5. The number of benzene rings is 1. The zero-order chi connectivity index (χ0) is 21.7. The average molecular weight is 416 g/mol. The van der Waals surface area contributed by atoms with Crippen molar-refractivity contribution in [2.45, 2.75) is 44.4 Å². The molecule has 0 spiro atoms. The lowest BCUT2D eigenvalue weighted by atomic mass is 10.1. The maximum Gasteiger partial charge on any atom is 0.329 e. The molecule has 1 aliphatic heterocycles. The molecule has 1 atom stereocenters. The first-order valence-corrected chi connectivity index (χ1v) is 10.2. The predicted molar refractivity (Wildman–Crippen MR) is 111 cm³/mol. The third-order valence-electron chi connectivity index (χ3n) is 5.71. The van der Waals surface area contributed by atoms with Crippen LogP contribution in [0.2, 0.25) is 0 Å². The normalized spacial score (nSPS) is 15.9. The molecule has 30 heavy (non-hydrogen) atoms. The largest absolute Gasteiger partial charge is 0.373 e. The van der Waals surface area contributed by atoms with Gasteiger partial charge in [0.2, 0.25) is 12.3 Å². The summed E-state index contributed by atoms with van der Waals surface area (Å²) < 4.78 is 9.06. The zero-order valence-corrected chi connectivity index (χ0v) is 17.4. The molecule has 9 heteroatoms. The molecule has 2 amide bonds. The van der Waals surface area contributed by atoms with E-state index < -0.39 is 6.04 Å². The highest BCUT2D eigenvalue weighted by Crippen LogP contribution is 2.24. The molecular weight excluding hydrogens is 388 g/mol. The maximum absolute atomic E-state index is 13.0. The van der Waals surface area contributed by atoms with Crippen molar-refractivity contribution in [2.75, 3.05) is 20.1 Å². The van der Waals surface area contributed by atoms with Gasteiger partial charge in [-0.25, -0.2) is 4.79 Å². The predicted octanol–water partition coefficient (Wildman–Crippen LogP) is 0.744. The number of fused-ring (bicyclic) bond motifs is 1. The van der Waals surface area contributed by atoms with Gasteiger partial charge in [0.05, 0.1) is 23.7 Å². The quantitative estimate of drug-likeness (QED) is 0.608. The number of likely N-dealkylation sites (tertiary alicyclic amines) is 1. The molecule has 1 aliphatic rings. The monoisotopic (exact) mass is 416 g/mol. The van der Waals surface area contributed by atoms with E-state index in [0.717, 1.165) is 31.1 Å². The number of para-hydroxylation sites is 1. The van der Waals surface area contributed by atoms with Crippen LogP contribution in [0.1, 0.15) is 37.3 Å². The van der Waals surface area contributed by atoms with Gasteiger partial charge in [-0.05, 0) is 25.3 Å². The van der Waals surface area contributed by atoms with E-state index in [0.29, 0.717) is 30.7 Å². The first kappa shape index (κ1) is 21.8. The van der Waals surface area contributed by atoms with Gasteiger partial charge in [0.15, 0.2) is 0 Å². The molecule has 1 saturated heterocycles. The van der Waals surface area contributed by atoms with Crippen molar-refractivity contribution in [3.8, 4) is 0 Å². The van der Waals surface area contributed by atoms with Crippen LogP contribution < -0.4 is 11.0 Å². The number of piperidine rings is 1. The summed E-state index contributed by atoms with van der Waals surface area (Å²) in [7, 11) is 3.19. The molecule has 0 radical (unpaired) electrons. The Kier molecular flexibility index (Phi) is 7.04. The highest BCUT2D eigenvalue weighted by molar-refractivity contribution is 5.85. The highest BCUT2D eigenvalue weighted by Gasteiger charge is 2.26. The average Bonchev–Trinajstić information content (AvgIpc) is 3.03. The number of nitrogens with one attached hydrogen (secondary N) is 1. The van der Waals surface area contributed by atoms with Crippen LogP contribution in [0.3, 0.4) is 0 Å². The van der Waals surface area contributed by atoms with E-state index >= 15 is 0 Å². The fraction of sp³-hybridized carbons (Fsp3) is 0.524. The second kappa shape index (κ2) is 9.71. The van der Waals surface area contributed by atoms with Crippen LogP contribution in [-0.4, -0.2) is 58.9 Å². The number of imidazole rings is 1. The molecule has 2 aromatic rings. The number of likely N-dealkylation sites (N-methyl/N-ethyl adjacent to an activating group) is 1. The second-order valence-electron chi connectivity index (χ2n) is 7.52. The number of carbonyl (C=O) groups is 3. The Morgan fingerprint density at radius 2 is 2.03 bits per heavy atom. The number of aldehydes is 1. The third-order valence-corrected chi connectivity index (χ3v) is 5.71. The minimum atomic E-state index is -0.764. The van der Waals surface area contributed by atoms with Crippen molar-refractivity contribution in [1.82, 2.24) is 19.4 Å². The van der Waals surface area contributed by atoms with Crippen LogP contribution in [0.5, 0.6) is 0 Å². The van der Waals surface area contributed by atoms with Crippen LogP contribution in [0.25, 0.3) is 11.0 Å². The molecule has 0 aliphatic carbocycles. The fourth-order valence-electron chi connectivity index (χ4n) is 4.06. The number of nitrogens with zero attached hydrogens (tertiary/aromatic N) is 3. The molecule has 9 nitrogen and oxygen atoms in total. The lowest BCUT2D eigenvalue weighted by molar-refractivity contribution is -0.124. The van der Waals surface area contributed by atoms with Crippen molar-refractivity contribution >= 4 is 29.6 Å². The number of amides is 2. The molecule has 3 rings (SSSR count). The van der Waals surface area contributed by atoms with Crippen LogP contribution in [-0.2, 0) is 32.8 Å². The first-order valence-electron chi connectivity index (χ1n) is 10.2. The minimum absolute atomic E-state index is 0.0572. The van der Waals surface area contributed by atoms with Crippen molar-refractivity contribution in [3.63, 3.8) is 0 Å². The van der Waals surface area contributed by atoms with Crippen LogP contribution in [0, 0.1) is 0 Å². The van der Waals surface area contributed by atoms with Gasteiger partial charge in [-0.1, -0.05) is 12.1 Å². The minimum Gasteiger partial charge on any atom is -0.373 e. The van der Waals surface area contributed by atoms with E-state index in [-0.39, 0.29) is 30.5 Å². The van der Waals surface area contributed by atoms with E-state index in [4.69, 9.17) is 4.74 Å². The SMILES string of the molecule is CNC(=O)C(CCC=O)n1c(=O)n(C)c2c(COC3CCN(C=O)CC3)cccc21. The van der Waals surface area contributed by atoms with E-state index in [1.165, 1.54) is 16.2 Å². The van der Waals surface area contributed by atoms with Crippen LogP contribution in [0.4, 0.5) is 0 Å². The van der Waals surface area contributed by atoms with E-state index in [1.54, 1.807) is 18.0 Å². The number of aromatic nitrogens is 2. The summed E-state index contributed by atoms with van der Waals surface area (Å²) in [4.78, 5) is 48.9. The summed E-state index contributed by atoms with van der Waals surface area (Å²) >= 11 is 0. The van der Waals surface area contributed by atoms with Gasteiger partial charge in [0.1, 0.15) is 12.3 Å². The van der Waals surface area contributed by atoms with Crippen molar-refractivity contribution in [2.24, 2.45) is 7.05 Å². The molecule has 0 saturated carbocycles. The topological polar surface area (TPSA) is 103 Å². The molecule has 1 unspecified atom stereocenters. The second-order valence-corrected chi connectivity index (χ2v) is 7.52. The van der Waals surface area contributed by atoms with Gasteiger partial charge >= 0.3 is 5.69 Å². The Hall–Kier alpha value is -2.94. The Morgan fingerprint density at radius 1 is 1.30 bits per heavy atom. The third kappa shape index (κ3) is 4.30. The molecule has 1 fully saturated rings. The molecule has 1 aromatic heterocycles. The standard InChI is InChI=1S/C21H28N4O5/c1-22-20(28)18(7-4-12-26)25-17-6-3-5-15(19(17)23(2)21(25)29)13-30-16-8-10-24(14-27)11-9-16/h3,5-6,12,14,16,18H,4,7-11,13H2,1-2H3,(H,22,28). The first-order chi connectivity index (χ1) is 14.5. The summed E-state index contributed by atoms with van der Waals surface area (Å²) in [6.07, 6.45) is 3.66. The molecule has 162 valence electrons. The molecule has 1 aromatic carbocycles. The Bertz CT molecular complexity index is 972. The summed E-state index contributed by atoms with van der Waals surface area (Å²) in [5.74, 6) is -0.310. The molecule has 2 heterocycles. The maximum atomic E-state index is 13.0. The summed E-state index contributed by atoms with van der Waals surface area (Å²) in [6, 6.07) is 4.79.